The number of hydrogen-bond donors (Lipinski definition) is 0. The molecule has 1 aromatic rings. The monoisotopic (exact) mass is 230 g/mol. The molecule has 0 radical (unpaired) electrons. The Labute approximate surface area is 86.8 Å². The average Bonchev–Trinajstić information content (AvgIpc) is 2.05. The van der Waals surface area contributed by atoms with Crippen LogP contribution < -0.4 is 0 Å². The molecular weight excluding hydrogens is 224 g/mol. The van der Waals surface area contributed by atoms with E-state index in [4.69, 9.17) is 11.6 Å². The van der Waals surface area contributed by atoms with Gasteiger partial charge < -0.3 is 4.55 Å². The zero-order valence-corrected chi connectivity index (χ0v) is 8.88. The number of rotatable bonds is 0. The fourth-order valence-corrected chi connectivity index (χ4v) is 2.68. The molecule has 6 heteroatoms. The molecule has 0 spiro atoms. The van der Waals surface area contributed by atoms with Gasteiger partial charge in [0.1, 0.15) is 0 Å². The van der Waals surface area contributed by atoms with Gasteiger partial charge in [0, 0.05) is 9.49 Å². The highest BCUT2D eigenvalue weighted by molar-refractivity contribution is 7.88. The minimum absolute atomic E-state index is 0.156. The maximum atomic E-state index is 11.5. The third kappa shape index (κ3) is 1.54. The maximum Gasteiger partial charge on any atom is 0.205 e. The van der Waals surface area contributed by atoms with E-state index >= 15 is 0 Å². The summed E-state index contributed by atoms with van der Waals surface area (Å²) < 4.78 is 27.9. The molecule has 0 saturated heterocycles. The summed E-state index contributed by atoms with van der Waals surface area (Å²) in [5.74, 6) is 0. The highest BCUT2D eigenvalue weighted by Crippen LogP contribution is 2.22. The lowest BCUT2D eigenvalue weighted by molar-refractivity contribution is -0.495. The summed E-state index contributed by atoms with van der Waals surface area (Å²) in [5, 5.41) is 0.389. The Balaban J connectivity index is 2.82. The van der Waals surface area contributed by atoms with Gasteiger partial charge in [-0.1, -0.05) is 16.3 Å². The van der Waals surface area contributed by atoms with E-state index in [1.165, 1.54) is 10.8 Å². The van der Waals surface area contributed by atoms with Crippen LogP contribution in [0, 0.1) is 0 Å². The van der Waals surface area contributed by atoms with Crippen LogP contribution in [0.3, 0.4) is 0 Å². The zero-order chi connectivity index (χ0) is 10.3. The molecule has 1 atom stereocenters. The molecule has 1 aliphatic heterocycles. The minimum Gasteiger partial charge on any atom is -0.756 e. The molecule has 0 saturated carbocycles. The lowest BCUT2D eigenvalue weighted by Crippen LogP contribution is -2.15. The highest BCUT2D eigenvalue weighted by atomic mass is 35.5. The second-order valence-corrected chi connectivity index (χ2v) is 4.93. The second-order valence-electron chi connectivity index (χ2n) is 2.94. The van der Waals surface area contributed by atoms with Crippen molar-refractivity contribution in [2.24, 2.45) is 4.47 Å². The molecule has 0 fully saturated rings. The normalized spacial score (nSPS) is 24.9. The molecule has 74 valence electrons. The number of hydrogen-bond acceptors (Lipinski definition) is 3. The van der Waals surface area contributed by atoms with Crippen LogP contribution in [0.4, 0.5) is 0 Å². The number of benzene rings is 1. The van der Waals surface area contributed by atoms with Crippen molar-refractivity contribution in [1.82, 2.24) is 0 Å². The van der Waals surface area contributed by atoms with Crippen LogP contribution in [0.25, 0.3) is 0 Å². The topological polar surface area (TPSA) is 55.5 Å². The Bertz CT molecular complexity index is 544. The molecule has 2 rings (SSSR count). The van der Waals surface area contributed by atoms with Gasteiger partial charge in [-0.2, -0.15) is 0 Å². The summed E-state index contributed by atoms with van der Waals surface area (Å²) in [4.78, 5) is 0.156. The third-order valence-corrected chi connectivity index (χ3v) is 3.43. The number of nitrogens with zero attached hydrogens (tertiary/aromatic N) is 2. The Kier molecular flexibility index (Phi) is 2.10. The van der Waals surface area contributed by atoms with E-state index in [1.54, 1.807) is 25.4 Å². The van der Waals surface area contributed by atoms with Gasteiger partial charge in [-0.3, -0.25) is 4.21 Å². The summed E-state index contributed by atoms with van der Waals surface area (Å²) in [6.45, 7) is 0. The second kappa shape index (κ2) is 3.05. The summed E-state index contributed by atoms with van der Waals surface area (Å²) in [5.41, 5.74) is 0.604. The van der Waals surface area contributed by atoms with Crippen molar-refractivity contribution in [3.05, 3.63) is 28.8 Å². The standard InChI is InChI=1S/C8H7ClN2O2S/c1-11-5-6-2-3-7(9)4-8(6)14(12,13)10-11/h2-5H,1H3. The fraction of sp³-hybridized carbons (Fsp3) is 0.125. The lowest BCUT2D eigenvalue weighted by Gasteiger charge is -2.15. The van der Waals surface area contributed by atoms with Crippen LogP contribution in [0.1, 0.15) is 5.56 Å². The van der Waals surface area contributed by atoms with Gasteiger partial charge in [-0.25, -0.2) is 0 Å². The quantitative estimate of drug-likeness (QED) is 0.631. The van der Waals surface area contributed by atoms with Gasteiger partial charge in [-0.05, 0) is 18.2 Å². The van der Waals surface area contributed by atoms with Crippen molar-refractivity contribution in [1.29, 1.82) is 0 Å². The van der Waals surface area contributed by atoms with E-state index in [0.29, 0.717) is 10.6 Å². The fourth-order valence-electron chi connectivity index (χ4n) is 1.28. The summed E-state index contributed by atoms with van der Waals surface area (Å²) in [6, 6.07) is 4.70. The molecule has 1 aliphatic rings. The molecule has 0 amide bonds. The van der Waals surface area contributed by atoms with E-state index in [1.807, 2.05) is 0 Å². The van der Waals surface area contributed by atoms with Crippen molar-refractivity contribution >= 4 is 27.8 Å². The minimum atomic E-state index is -3.58. The molecule has 1 heterocycles. The molecule has 1 aromatic carbocycles. The van der Waals surface area contributed by atoms with Crippen molar-refractivity contribution < 1.29 is 13.4 Å². The SMILES string of the molecule is C[N+]1=Cc2ccc(Cl)cc2S(=O)([O-])=N1. The molecule has 0 aliphatic carbocycles. The molecule has 14 heavy (non-hydrogen) atoms. The van der Waals surface area contributed by atoms with Crippen LogP contribution >= 0.6 is 11.6 Å². The number of halogens is 1. The molecule has 0 bridgehead atoms. The van der Waals surface area contributed by atoms with Gasteiger partial charge in [0.25, 0.3) is 0 Å². The molecule has 0 aromatic heterocycles. The van der Waals surface area contributed by atoms with E-state index in [0.717, 1.165) is 0 Å². The molecule has 4 nitrogen and oxygen atoms in total. The van der Waals surface area contributed by atoms with Crippen molar-refractivity contribution in [3.63, 3.8) is 0 Å². The summed E-state index contributed by atoms with van der Waals surface area (Å²) >= 11 is 5.71. The van der Waals surface area contributed by atoms with Crippen LogP contribution in [-0.2, 0) is 10.0 Å². The average molecular weight is 231 g/mol. The Morgan fingerprint density at radius 1 is 1.57 bits per heavy atom. The van der Waals surface area contributed by atoms with Crippen LogP contribution in [0.2, 0.25) is 5.02 Å². The Morgan fingerprint density at radius 3 is 3.00 bits per heavy atom. The first-order valence-corrected chi connectivity index (χ1v) is 5.66. The molecule has 0 N–H and O–H groups in total. The first-order chi connectivity index (χ1) is 6.49. The summed E-state index contributed by atoms with van der Waals surface area (Å²) in [6.07, 6.45) is 1.63. The van der Waals surface area contributed by atoms with Crippen LogP contribution in [0.15, 0.2) is 27.6 Å². The van der Waals surface area contributed by atoms with E-state index in [2.05, 4.69) is 4.47 Å². The van der Waals surface area contributed by atoms with E-state index < -0.39 is 10.0 Å². The van der Waals surface area contributed by atoms with E-state index in [9.17, 15) is 8.76 Å². The smallest absolute Gasteiger partial charge is 0.205 e. The van der Waals surface area contributed by atoms with Crippen LogP contribution in [-0.4, -0.2) is 26.7 Å². The zero-order valence-electron chi connectivity index (χ0n) is 7.31. The van der Waals surface area contributed by atoms with Crippen molar-refractivity contribution in [3.8, 4) is 0 Å². The largest absolute Gasteiger partial charge is 0.756 e. The number of fused-ring (bicyclic) bond motifs is 1. The first kappa shape index (κ1) is 9.64. The predicted octanol–water partition coefficient (Wildman–Crippen LogP) is 1.29. The van der Waals surface area contributed by atoms with Gasteiger partial charge in [-0.15, -0.1) is 0 Å². The summed E-state index contributed by atoms with van der Waals surface area (Å²) in [7, 11) is -2.01. The highest BCUT2D eigenvalue weighted by Gasteiger charge is 2.16. The van der Waals surface area contributed by atoms with Gasteiger partial charge in [0.2, 0.25) is 6.21 Å². The van der Waals surface area contributed by atoms with Crippen LogP contribution in [0.5, 0.6) is 0 Å². The molecular formula is C8H7ClN2O2S. The van der Waals surface area contributed by atoms with Gasteiger partial charge >= 0.3 is 0 Å². The third-order valence-electron chi connectivity index (χ3n) is 1.82. The van der Waals surface area contributed by atoms with Gasteiger partial charge in [0.15, 0.2) is 7.05 Å². The Hall–Kier alpha value is -0.910. The Morgan fingerprint density at radius 2 is 2.29 bits per heavy atom. The molecule has 1 unspecified atom stereocenters. The first-order valence-electron chi connectivity index (χ1n) is 3.84. The predicted molar refractivity (Wildman–Crippen MR) is 52.4 cm³/mol. The van der Waals surface area contributed by atoms with Crippen molar-refractivity contribution in [2.75, 3.05) is 7.05 Å². The van der Waals surface area contributed by atoms with Gasteiger partial charge in [0.05, 0.1) is 20.5 Å². The van der Waals surface area contributed by atoms with Crippen molar-refractivity contribution in [2.45, 2.75) is 4.90 Å². The van der Waals surface area contributed by atoms with E-state index in [-0.39, 0.29) is 4.90 Å². The lowest BCUT2D eigenvalue weighted by atomic mass is 10.2. The maximum absolute atomic E-state index is 11.5.